The molecule has 112 heavy (non-hydrogen) atoms. The van der Waals surface area contributed by atoms with Gasteiger partial charge in [-0.15, -0.1) is 0 Å². The maximum Gasteiger partial charge on any atom is 0.496 e. The number of methoxy groups -OCH3 is 4. The third-order valence-corrected chi connectivity index (χ3v) is 20.2. The number of carbonyl (C=O) groups is 3. The van der Waals surface area contributed by atoms with Crippen molar-refractivity contribution in [3.63, 3.8) is 0 Å². The lowest BCUT2D eigenvalue weighted by molar-refractivity contribution is 0.00578. The normalized spacial score (nSPS) is 14.9. The number of fused-ring (bicyclic) bond motifs is 4. The van der Waals surface area contributed by atoms with E-state index in [1.165, 1.54) is 10.5 Å². The van der Waals surface area contributed by atoms with E-state index in [9.17, 15) is 14.4 Å². The number of ether oxygens (including phenoxy) is 6. The maximum atomic E-state index is 12.5. The molecule has 14 heterocycles. The number of primary amides is 1. The molecule has 0 bridgehead atoms. The van der Waals surface area contributed by atoms with Crippen LogP contribution >= 0.6 is 31.9 Å². The van der Waals surface area contributed by atoms with Gasteiger partial charge in [-0.3, -0.25) is 39.6 Å². The summed E-state index contributed by atoms with van der Waals surface area (Å²) in [7, 11) is 6.27. The molecule has 9 aromatic heterocycles. The summed E-state index contributed by atoms with van der Waals surface area (Å²) in [6.07, 6.45) is 31.7. The van der Waals surface area contributed by atoms with Crippen LogP contribution in [0.3, 0.4) is 0 Å². The number of hydrogen-bond donors (Lipinski definition) is 3. The molecule has 5 aliphatic heterocycles. The summed E-state index contributed by atoms with van der Waals surface area (Å²) in [6, 6.07) is 17.5. The van der Waals surface area contributed by atoms with E-state index in [4.69, 9.17) is 48.6 Å². The smallest absolute Gasteiger partial charge is 0.443 e. The van der Waals surface area contributed by atoms with E-state index in [1.54, 1.807) is 106 Å². The van der Waals surface area contributed by atoms with E-state index in [0.717, 1.165) is 156 Å². The molecule has 0 atom stereocenters. The second-order valence-corrected chi connectivity index (χ2v) is 31.7. The van der Waals surface area contributed by atoms with Crippen molar-refractivity contribution in [2.45, 2.75) is 176 Å². The van der Waals surface area contributed by atoms with Crippen LogP contribution in [0.1, 0.15) is 145 Å². The molecule has 4 amide bonds. The highest BCUT2D eigenvalue weighted by Gasteiger charge is 2.52. The molecule has 4 N–H and O–H groups in total. The Morgan fingerprint density at radius 1 is 0.491 bits per heavy atom. The number of pyridine rings is 9. The SMILES string of the molecule is CC(C)(C)OC(=O)N1CCCc2cc(B3OC(C)(C)C(C)(C)O3)cnc21.COCc1ccncc1-c1cnc2c(c1)CCCN2.COCc1ccncc1-c1cnc2c(c1)CCCN2C(=O)OC(C)(C)C.COCc1ccncc1-c1cnc2c(c1)CCCN2C(N)=O.COCc1ccncc1Br.OCc1ccncc1Br. The van der Waals surface area contributed by atoms with Crippen LogP contribution in [0.5, 0.6) is 0 Å². The average Bonchev–Trinajstić information content (AvgIpc) is 1.68. The Balaban J connectivity index is 0.000000159. The first-order chi connectivity index (χ1) is 53.6. The largest absolute Gasteiger partial charge is 0.496 e. The van der Waals surface area contributed by atoms with Crippen LogP contribution in [-0.2, 0) is 96.4 Å². The number of hydrogen-bond acceptors (Lipinski definition) is 22. The van der Waals surface area contributed by atoms with E-state index >= 15 is 0 Å². The van der Waals surface area contributed by atoms with Gasteiger partial charge in [0.25, 0.3) is 0 Å². The molecule has 0 aromatic carbocycles. The van der Waals surface area contributed by atoms with Gasteiger partial charge < -0.3 is 53.9 Å². The van der Waals surface area contributed by atoms with Crippen LogP contribution in [0, 0.1) is 0 Å². The number of aromatic nitrogens is 9. The molecular formula is C83H103BBr2N14O12. The topological polar surface area (TPSA) is 309 Å². The van der Waals surface area contributed by atoms with Gasteiger partial charge in [-0.25, -0.2) is 34.3 Å². The maximum absolute atomic E-state index is 12.5. The number of urea groups is 1. The van der Waals surface area contributed by atoms with Crippen molar-refractivity contribution in [1.82, 2.24) is 44.9 Å². The summed E-state index contributed by atoms with van der Waals surface area (Å²) >= 11 is 6.59. The number of anilines is 4. The zero-order valence-corrected chi connectivity index (χ0v) is 69.7. The highest BCUT2D eigenvalue weighted by Crippen LogP contribution is 2.39. The third-order valence-electron chi connectivity index (χ3n) is 18.8. The second-order valence-electron chi connectivity index (χ2n) is 30.0. The Hall–Kier alpha value is -9.30. The lowest BCUT2D eigenvalue weighted by atomic mass is 9.79. The fourth-order valence-corrected chi connectivity index (χ4v) is 13.4. The van der Waals surface area contributed by atoms with Crippen LogP contribution in [0.15, 0.2) is 150 Å². The fourth-order valence-electron chi connectivity index (χ4n) is 12.6. The van der Waals surface area contributed by atoms with Gasteiger partial charge in [0.15, 0.2) is 0 Å². The fraction of sp³-hybridized carbons (Fsp3) is 0.422. The molecule has 1 saturated heterocycles. The van der Waals surface area contributed by atoms with Gasteiger partial charge in [0.1, 0.15) is 34.5 Å². The molecular weight excluding hydrogens is 1560 g/mol. The quantitative estimate of drug-likeness (QED) is 0.0903. The van der Waals surface area contributed by atoms with Gasteiger partial charge >= 0.3 is 25.3 Å². The number of nitrogens with two attached hydrogens (primary N) is 1. The molecule has 0 spiro atoms. The molecule has 9 aromatic rings. The number of aryl methyl sites for hydroxylation is 4. The minimum absolute atomic E-state index is 0.0586. The lowest BCUT2D eigenvalue weighted by Crippen LogP contribution is -2.42. The number of aliphatic hydroxyl groups excluding tert-OH is 1. The Labute approximate surface area is 674 Å². The van der Waals surface area contributed by atoms with Crippen molar-refractivity contribution in [3.05, 3.63) is 200 Å². The lowest BCUT2D eigenvalue weighted by Gasteiger charge is -2.32. The van der Waals surface area contributed by atoms with Crippen molar-refractivity contribution in [2.24, 2.45) is 5.73 Å². The zero-order chi connectivity index (χ0) is 80.8. The van der Waals surface area contributed by atoms with E-state index in [1.807, 2.05) is 124 Å². The standard InChI is InChI=1S/C20H25N3O3.C19H29BN2O4.C16H18N4O2.C15H17N3O.C7H8BrNO.C6H6BrNO/c1-20(2,3)26-19(24)23-9-5-6-14-10-16(11-22-18(14)23)17-12-21-8-7-15(17)13-25-4;1-17(2,3)24-16(23)22-10-8-9-13-11-14(12-21-15(13)22)20-25-18(4,5)19(6,7)26-20;1-22-10-12-4-5-18-9-14(12)13-7-11-3-2-6-20(16(17)21)15(11)19-8-13;1-19-10-12-4-6-16-9-14(12)13-7-11-3-2-5-17-15(11)18-8-13;1-10-5-6-2-3-9-4-7(6)8;7-6-3-8-2-1-5(6)4-9/h7-8,10-12H,5-6,9,13H2,1-4H3;11-12H,8-10H2,1-7H3;4-5,7-9H,2-3,6,10H2,1H3,(H2,17,21);4,6-9H,2-3,5,10H2,1H3,(H,17,18);2-4H,5H2,1H3;1-3,9H,4H2. The molecule has 0 radical (unpaired) electrons. The van der Waals surface area contributed by atoms with Crippen LogP contribution in [-0.4, -0.2) is 152 Å². The van der Waals surface area contributed by atoms with Crippen LogP contribution < -0.4 is 31.2 Å². The van der Waals surface area contributed by atoms with Crippen molar-refractivity contribution in [2.75, 3.05) is 74.6 Å². The summed E-state index contributed by atoms with van der Waals surface area (Å²) in [4.78, 5) is 79.8. The predicted molar refractivity (Wildman–Crippen MR) is 441 cm³/mol. The molecule has 0 unspecified atom stereocenters. The number of amides is 4. The Morgan fingerprint density at radius 3 is 1.25 bits per heavy atom. The number of nitrogens with one attached hydrogen (secondary N) is 1. The Morgan fingerprint density at radius 2 is 0.848 bits per heavy atom. The van der Waals surface area contributed by atoms with Crippen molar-refractivity contribution in [3.8, 4) is 33.4 Å². The molecule has 14 rings (SSSR count). The number of nitrogens with zero attached hydrogens (tertiary/aromatic N) is 12. The average molecular weight is 1660 g/mol. The zero-order valence-electron chi connectivity index (χ0n) is 66.5. The summed E-state index contributed by atoms with van der Waals surface area (Å²) in [6.45, 7) is 24.5. The molecule has 0 aliphatic carbocycles. The van der Waals surface area contributed by atoms with Crippen LogP contribution in [0.2, 0.25) is 0 Å². The monoisotopic (exact) mass is 1660 g/mol. The highest BCUT2D eigenvalue weighted by molar-refractivity contribution is 9.10. The summed E-state index contributed by atoms with van der Waals surface area (Å²) in [5, 5.41) is 12.0. The number of rotatable bonds is 13. The highest BCUT2D eigenvalue weighted by atomic mass is 79.9. The molecule has 29 heteroatoms. The van der Waals surface area contributed by atoms with Gasteiger partial charge in [0.2, 0.25) is 0 Å². The first kappa shape index (κ1) is 86.7. The number of aliphatic hydroxyl groups is 1. The minimum Gasteiger partial charge on any atom is -0.443 e. The predicted octanol–water partition coefficient (Wildman–Crippen LogP) is 15.1. The Bertz CT molecular complexity index is 4630. The molecule has 594 valence electrons. The van der Waals surface area contributed by atoms with Crippen molar-refractivity contribution >= 4 is 85.9 Å². The van der Waals surface area contributed by atoms with Crippen LogP contribution in [0.4, 0.5) is 37.7 Å². The van der Waals surface area contributed by atoms with Gasteiger partial charge in [-0.05, 0) is 251 Å². The summed E-state index contributed by atoms with van der Waals surface area (Å²) < 4.78 is 45.8. The van der Waals surface area contributed by atoms with Crippen molar-refractivity contribution in [1.29, 1.82) is 0 Å². The van der Waals surface area contributed by atoms with Gasteiger partial charge in [-0.2, -0.15) is 0 Å². The first-order valence-electron chi connectivity index (χ1n) is 37.2. The van der Waals surface area contributed by atoms with Crippen LogP contribution in [0.25, 0.3) is 33.4 Å². The van der Waals surface area contributed by atoms with Gasteiger partial charge in [0.05, 0.1) is 44.2 Å². The van der Waals surface area contributed by atoms with E-state index in [-0.39, 0.29) is 18.8 Å². The Kier molecular flexibility index (Phi) is 31.3. The number of halogens is 2. The summed E-state index contributed by atoms with van der Waals surface area (Å²) in [5.74, 6) is 3.05. The molecule has 26 nitrogen and oxygen atoms in total. The molecule has 0 saturated carbocycles. The van der Waals surface area contributed by atoms with E-state index < -0.39 is 35.6 Å². The van der Waals surface area contributed by atoms with Gasteiger partial charge in [-0.1, -0.05) is 6.07 Å². The molecule has 5 aliphatic rings. The van der Waals surface area contributed by atoms with Crippen molar-refractivity contribution < 1.29 is 57.2 Å². The molecule has 1 fully saturated rings. The van der Waals surface area contributed by atoms with E-state index in [0.29, 0.717) is 63.5 Å². The third kappa shape index (κ3) is 23.7. The minimum atomic E-state index is -0.530. The second kappa shape index (κ2) is 40.4. The number of carbonyl (C=O) groups excluding carboxylic acids is 3. The summed E-state index contributed by atoms with van der Waals surface area (Å²) in [5.41, 5.74) is 20.3. The van der Waals surface area contributed by atoms with E-state index in [2.05, 4.69) is 100 Å². The first-order valence-corrected chi connectivity index (χ1v) is 38.8. The van der Waals surface area contributed by atoms with Gasteiger partial charge in [0, 0.05) is 189 Å².